The fourth-order valence-electron chi connectivity index (χ4n) is 2.39. The molecule has 1 N–H and O–H groups in total. The summed E-state index contributed by atoms with van der Waals surface area (Å²) in [4.78, 5) is 20.4. The van der Waals surface area contributed by atoms with Crippen molar-refractivity contribution in [3.63, 3.8) is 0 Å². The lowest BCUT2D eigenvalue weighted by Gasteiger charge is -2.08. The van der Waals surface area contributed by atoms with Crippen LogP contribution in [0.4, 0.5) is 0 Å². The summed E-state index contributed by atoms with van der Waals surface area (Å²) in [6, 6.07) is 5.72. The van der Waals surface area contributed by atoms with Gasteiger partial charge in [-0.1, -0.05) is 30.7 Å². The van der Waals surface area contributed by atoms with Crippen LogP contribution in [0.1, 0.15) is 36.3 Å². The Kier molecular flexibility index (Phi) is 4.03. The monoisotopic (exact) mass is 292 g/mol. The van der Waals surface area contributed by atoms with Gasteiger partial charge in [0.05, 0.1) is 5.69 Å². The minimum absolute atomic E-state index is 0.0398. The van der Waals surface area contributed by atoms with Crippen LogP contribution in [0.25, 0.3) is 0 Å². The summed E-state index contributed by atoms with van der Waals surface area (Å²) >= 11 is 3.43. The maximum atomic E-state index is 11.7. The number of nitrogens with zero attached hydrogens (tertiary/aromatic N) is 1. The van der Waals surface area contributed by atoms with Crippen LogP contribution in [0.5, 0.6) is 0 Å². The molecule has 0 aromatic carbocycles. The van der Waals surface area contributed by atoms with Gasteiger partial charge in [-0.15, -0.1) is 11.3 Å². The molecule has 2 heterocycles. The smallest absolute Gasteiger partial charge is 0.251 e. The first kappa shape index (κ1) is 12.9. The summed E-state index contributed by atoms with van der Waals surface area (Å²) in [5, 5.41) is 3.46. The fourth-order valence-corrected chi connectivity index (χ4v) is 4.32. The molecule has 0 atom stereocenters. The summed E-state index contributed by atoms with van der Waals surface area (Å²) < 4.78 is 0. The van der Waals surface area contributed by atoms with E-state index in [1.807, 2.05) is 6.07 Å². The SMILES string of the molecule is O=c1cc(Cc2cccs2)nc(SC2CCCC2)[nH]1. The number of aromatic nitrogens is 2. The van der Waals surface area contributed by atoms with Gasteiger partial charge in [0, 0.05) is 22.6 Å². The Morgan fingerprint density at radius 3 is 3.00 bits per heavy atom. The van der Waals surface area contributed by atoms with Crippen molar-refractivity contribution in [1.29, 1.82) is 0 Å². The van der Waals surface area contributed by atoms with Gasteiger partial charge in [0.2, 0.25) is 0 Å². The molecule has 0 saturated heterocycles. The number of aromatic amines is 1. The zero-order valence-corrected chi connectivity index (χ0v) is 12.2. The van der Waals surface area contributed by atoms with Gasteiger partial charge in [0.15, 0.2) is 5.16 Å². The van der Waals surface area contributed by atoms with Crippen LogP contribution in [-0.4, -0.2) is 15.2 Å². The molecule has 19 heavy (non-hydrogen) atoms. The third kappa shape index (κ3) is 3.48. The molecule has 2 aromatic heterocycles. The number of thioether (sulfide) groups is 1. The van der Waals surface area contributed by atoms with E-state index in [0.717, 1.165) is 17.3 Å². The van der Waals surface area contributed by atoms with Crippen molar-refractivity contribution in [2.75, 3.05) is 0 Å². The molecule has 2 aromatic rings. The van der Waals surface area contributed by atoms with Crippen LogP contribution in [0.2, 0.25) is 0 Å². The summed E-state index contributed by atoms with van der Waals surface area (Å²) in [6.45, 7) is 0. The van der Waals surface area contributed by atoms with Crippen LogP contribution in [0.3, 0.4) is 0 Å². The Balaban J connectivity index is 1.77. The normalized spacial score (nSPS) is 16.0. The first-order chi connectivity index (χ1) is 9.29. The zero-order valence-electron chi connectivity index (χ0n) is 10.6. The van der Waals surface area contributed by atoms with E-state index in [9.17, 15) is 4.79 Å². The molecule has 0 unspecified atom stereocenters. The minimum atomic E-state index is -0.0398. The molecule has 1 fully saturated rings. The van der Waals surface area contributed by atoms with Crippen molar-refractivity contribution in [1.82, 2.24) is 9.97 Å². The molecule has 3 nitrogen and oxygen atoms in total. The Morgan fingerprint density at radius 1 is 1.42 bits per heavy atom. The Labute approximate surface area is 120 Å². The standard InChI is InChI=1S/C14H16N2OS2/c17-13-9-10(8-12-6-3-7-18-12)15-14(16-13)19-11-4-1-2-5-11/h3,6-7,9,11H,1-2,4-5,8H2,(H,15,16,17). The van der Waals surface area contributed by atoms with E-state index in [2.05, 4.69) is 21.4 Å². The van der Waals surface area contributed by atoms with Gasteiger partial charge in [0.25, 0.3) is 5.56 Å². The number of H-pyrrole nitrogens is 1. The third-order valence-corrected chi connectivity index (χ3v) is 5.39. The highest BCUT2D eigenvalue weighted by Gasteiger charge is 2.17. The van der Waals surface area contributed by atoms with Gasteiger partial charge in [-0.25, -0.2) is 4.98 Å². The van der Waals surface area contributed by atoms with Crippen molar-refractivity contribution >= 4 is 23.1 Å². The predicted molar refractivity (Wildman–Crippen MR) is 80.1 cm³/mol. The van der Waals surface area contributed by atoms with E-state index >= 15 is 0 Å². The molecule has 5 heteroatoms. The van der Waals surface area contributed by atoms with Gasteiger partial charge < -0.3 is 4.98 Å². The molecule has 0 bridgehead atoms. The fraction of sp³-hybridized carbons (Fsp3) is 0.429. The predicted octanol–water partition coefficient (Wildman–Crippen LogP) is 3.46. The molecule has 1 saturated carbocycles. The second-order valence-corrected chi connectivity index (χ2v) is 7.14. The van der Waals surface area contributed by atoms with Crippen LogP contribution in [0, 0.1) is 0 Å². The van der Waals surface area contributed by atoms with Crippen molar-refractivity contribution in [2.45, 2.75) is 42.5 Å². The van der Waals surface area contributed by atoms with Crippen molar-refractivity contribution in [3.8, 4) is 0 Å². The second-order valence-electron chi connectivity index (χ2n) is 4.82. The number of nitrogens with one attached hydrogen (secondary N) is 1. The molecule has 0 spiro atoms. The van der Waals surface area contributed by atoms with Crippen molar-refractivity contribution < 1.29 is 0 Å². The van der Waals surface area contributed by atoms with Crippen LogP contribution >= 0.6 is 23.1 Å². The molecule has 100 valence electrons. The molecule has 1 aliphatic carbocycles. The lowest BCUT2D eigenvalue weighted by molar-refractivity contribution is 0.854. The van der Waals surface area contributed by atoms with Gasteiger partial charge in [-0.3, -0.25) is 4.79 Å². The van der Waals surface area contributed by atoms with Crippen molar-refractivity contribution in [3.05, 3.63) is 44.5 Å². The average molecular weight is 292 g/mol. The number of rotatable bonds is 4. The van der Waals surface area contributed by atoms with Gasteiger partial charge in [-0.2, -0.15) is 0 Å². The number of hydrogen-bond acceptors (Lipinski definition) is 4. The molecular weight excluding hydrogens is 276 g/mol. The highest BCUT2D eigenvalue weighted by atomic mass is 32.2. The van der Waals surface area contributed by atoms with E-state index in [1.165, 1.54) is 30.6 Å². The summed E-state index contributed by atoms with van der Waals surface area (Å²) in [5.41, 5.74) is 0.828. The Hall–Kier alpha value is -1.07. The van der Waals surface area contributed by atoms with E-state index in [-0.39, 0.29) is 5.56 Å². The van der Waals surface area contributed by atoms with E-state index in [0.29, 0.717) is 5.25 Å². The van der Waals surface area contributed by atoms with Crippen molar-refractivity contribution in [2.24, 2.45) is 0 Å². The lowest BCUT2D eigenvalue weighted by Crippen LogP contribution is -2.11. The van der Waals surface area contributed by atoms with E-state index in [1.54, 1.807) is 29.2 Å². The summed E-state index contributed by atoms with van der Waals surface area (Å²) in [6.07, 6.45) is 5.83. The highest BCUT2D eigenvalue weighted by molar-refractivity contribution is 7.99. The summed E-state index contributed by atoms with van der Waals surface area (Å²) in [5.74, 6) is 0. The third-order valence-electron chi connectivity index (χ3n) is 3.29. The molecule has 3 rings (SSSR count). The second kappa shape index (κ2) is 5.92. The van der Waals surface area contributed by atoms with E-state index < -0.39 is 0 Å². The summed E-state index contributed by atoms with van der Waals surface area (Å²) in [7, 11) is 0. The van der Waals surface area contributed by atoms with Crippen LogP contribution in [-0.2, 0) is 6.42 Å². The molecular formula is C14H16N2OS2. The Bertz CT molecular complexity index is 586. The first-order valence-corrected chi connectivity index (χ1v) is 8.35. The van der Waals surface area contributed by atoms with Gasteiger partial charge in [0.1, 0.15) is 0 Å². The zero-order chi connectivity index (χ0) is 13.1. The lowest BCUT2D eigenvalue weighted by atomic mass is 10.2. The topological polar surface area (TPSA) is 45.8 Å². The van der Waals surface area contributed by atoms with E-state index in [4.69, 9.17) is 0 Å². The number of hydrogen-bond donors (Lipinski definition) is 1. The maximum absolute atomic E-state index is 11.7. The minimum Gasteiger partial charge on any atom is -0.301 e. The van der Waals surface area contributed by atoms with Crippen LogP contribution < -0.4 is 5.56 Å². The van der Waals surface area contributed by atoms with Crippen LogP contribution in [0.15, 0.2) is 33.5 Å². The molecule has 1 aliphatic rings. The highest BCUT2D eigenvalue weighted by Crippen LogP contribution is 2.32. The average Bonchev–Trinajstić information content (AvgIpc) is 3.01. The first-order valence-electron chi connectivity index (χ1n) is 6.59. The van der Waals surface area contributed by atoms with Gasteiger partial charge >= 0.3 is 0 Å². The number of thiophene rings is 1. The maximum Gasteiger partial charge on any atom is 0.251 e. The largest absolute Gasteiger partial charge is 0.301 e. The quantitative estimate of drug-likeness (QED) is 0.878. The molecule has 0 aliphatic heterocycles. The Morgan fingerprint density at radius 2 is 2.26 bits per heavy atom. The molecule has 0 amide bonds. The van der Waals surface area contributed by atoms with Gasteiger partial charge in [-0.05, 0) is 24.3 Å². The molecule has 0 radical (unpaired) electrons.